The molecule has 1 heteroatoms. The maximum Gasteiger partial charge on any atom is 0.0138 e. The summed E-state index contributed by atoms with van der Waals surface area (Å²) in [5.74, 6) is 1.65. The molecule has 1 aromatic rings. The number of hydrogen-bond donors (Lipinski definition) is 1. The van der Waals surface area contributed by atoms with Crippen LogP contribution in [-0.2, 0) is 0 Å². The third-order valence-corrected chi connectivity index (χ3v) is 5.38. The van der Waals surface area contributed by atoms with Crippen LogP contribution in [0.25, 0.3) is 0 Å². The monoisotopic (exact) mass is 271 g/mol. The first-order valence-electron chi connectivity index (χ1n) is 8.64. The molecule has 20 heavy (non-hydrogen) atoms. The van der Waals surface area contributed by atoms with Gasteiger partial charge in [0.05, 0.1) is 0 Å². The van der Waals surface area contributed by atoms with Crippen LogP contribution in [0.2, 0.25) is 0 Å². The van der Waals surface area contributed by atoms with E-state index in [1.807, 2.05) is 0 Å². The molecule has 110 valence electrons. The summed E-state index contributed by atoms with van der Waals surface area (Å²) in [6.45, 7) is 2.42. The number of hydrogen-bond acceptors (Lipinski definition) is 1. The van der Waals surface area contributed by atoms with Crippen molar-refractivity contribution in [1.82, 2.24) is 5.32 Å². The Balaban J connectivity index is 1.66. The van der Waals surface area contributed by atoms with E-state index >= 15 is 0 Å². The zero-order valence-electron chi connectivity index (χ0n) is 12.9. The molecule has 1 aromatic carbocycles. The molecule has 4 atom stereocenters. The van der Waals surface area contributed by atoms with Gasteiger partial charge >= 0.3 is 0 Å². The molecule has 1 N–H and O–H groups in total. The minimum Gasteiger partial charge on any atom is -0.311 e. The maximum atomic E-state index is 4.04. The van der Waals surface area contributed by atoms with Gasteiger partial charge in [-0.3, -0.25) is 0 Å². The summed E-state index contributed by atoms with van der Waals surface area (Å²) in [5.41, 5.74) is 1.55. The van der Waals surface area contributed by atoms with Gasteiger partial charge in [0.15, 0.2) is 0 Å². The van der Waals surface area contributed by atoms with Crippen LogP contribution in [0.15, 0.2) is 30.3 Å². The van der Waals surface area contributed by atoms with Gasteiger partial charge in [0.25, 0.3) is 0 Å². The lowest BCUT2D eigenvalue weighted by atomic mass is 9.78. The molecule has 2 aliphatic carbocycles. The van der Waals surface area contributed by atoms with Crippen LogP contribution in [0.3, 0.4) is 0 Å². The van der Waals surface area contributed by atoms with Gasteiger partial charge in [-0.1, -0.05) is 62.9 Å². The fourth-order valence-corrected chi connectivity index (χ4v) is 4.32. The molecule has 0 amide bonds. The van der Waals surface area contributed by atoms with Gasteiger partial charge in [0.1, 0.15) is 0 Å². The molecule has 0 saturated heterocycles. The van der Waals surface area contributed by atoms with Crippen LogP contribution < -0.4 is 5.32 Å². The summed E-state index contributed by atoms with van der Waals surface area (Å²) in [6, 6.07) is 12.7. The lowest BCUT2D eigenvalue weighted by molar-refractivity contribution is 0.238. The molecule has 4 unspecified atom stereocenters. The third-order valence-electron chi connectivity index (χ3n) is 5.38. The summed E-state index contributed by atoms with van der Waals surface area (Å²) in [6.07, 6.45) is 11.2. The van der Waals surface area contributed by atoms with Gasteiger partial charge in [-0.25, -0.2) is 0 Å². The Hall–Kier alpha value is -0.820. The van der Waals surface area contributed by atoms with Crippen LogP contribution >= 0.6 is 0 Å². The van der Waals surface area contributed by atoms with Crippen LogP contribution in [0, 0.1) is 5.92 Å². The molecule has 0 radical (unpaired) electrons. The second-order valence-corrected chi connectivity index (χ2v) is 7.04. The normalized spacial score (nSPS) is 34.9. The SMILES string of the molecule is CC1CCCC(NC2CCCCC2c2ccccc2)C1. The van der Waals surface area contributed by atoms with Crippen molar-refractivity contribution < 1.29 is 0 Å². The van der Waals surface area contributed by atoms with Gasteiger partial charge in [0.2, 0.25) is 0 Å². The van der Waals surface area contributed by atoms with Gasteiger partial charge in [-0.2, -0.15) is 0 Å². The van der Waals surface area contributed by atoms with E-state index in [2.05, 4.69) is 42.6 Å². The van der Waals surface area contributed by atoms with Crippen molar-refractivity contribution in [2.75, 3.05) is 0 Å². The average molecular weight is 271 g/mol. The van der Waals surface area contributed by atoms with E-state index in [0.29, 0.717) is 6.04 Å². The molecule has 1 nitrogen and oxygen atoms in total. The predicted molar refractivity (Wildman–Crippen MR) is 86.0 cm³/mol. The molecule has 2 fully saturated rings. The fourth-order valence-electron chi connectivity index (χ4n) is 4.32. The highest BCUT2D eigenvalue weighted by atomic mass is 15.0. The Morgan fingerprint density at radius 3 is 2.50 bits per heavy atom. The van der Waals surface area contributed by atoms with Gasteiger partial charge < -0.3 is 5.32 Å². The highest BCUT2D eigenvalue weighted by Crippen LogP contribution is 2.34. The van der Waals surface area contributed by atoms with Gasteiger partial charge in [0, 0.05) is 12.1 Å². The van der Waals surface area contributed by atoms with Crippen molar-refractivity contribution in [3.63, 3.8) is 0 Å². The highest BCUT2D eigenvalue weighted by Gasteiger charge is 2.29. The Morgan fingerprint density at radius 2 is 1.70 bits per heavy atom. The fraction of sp³-hybridized carbons (Fsp3) is 0.684. The van der Waals surface area contributed by atoms with Crippen molar-refractivity contribution in [3.8, 4) is 0 Å². The van der Waals surface area contributed by atoms with Crippen molar-refractivity contribution in [1.29, 1.82) is 0 Å². The second-order valence-electron chi connectivity index (χ2n) is 7.04. The molecule has 2 aliphatic rings. The van der Waals surface area contributed by atoms with Crippen LogP contribution in [-0.4, -0.2) is 12.1 Å². The van der Waals surface area contributed by atoms with E-state index in [4.69, 9.17) is 0 Å². The zero-order chi connectivity index (χ0) is 13.8. The summed E-state index contributed by atoms with van der Waals surface area (Å²) in [4.78, 5) is 0. The molecule has 0 bridgehead atoms. The van der Waals surface area contributed by atoms with E-state index in [1.165, 1.54) is 51.4 Å². The van der Waals surface area contributed by atoms with E-state index in [-0.39, 0.29) is 0 Å². The van der Waals surface area contributed by atoms with Crippen molar-refractivity contribution in [3.05, 3.63) is 35.9 Å². The molecule has 0 spiro atoms. The number of benzene rings is 1. The summed E-state index contributed by atoms with van der Waals surface area (Å²) >= 11 is 0. The third kappa shape index (κ3) is 3.44. The molecule has 2 saturated carbocycles. The van der Waals surface area contributed by atoms with Crippen LogP contribution in [0.5, 0.6) is 0 Å². The highest BCUT2D eigenvalue weighted by molar-refractivity contribution is 5.22. The van der Waals surface area contributed by atoms with Crippen molar-refractivity contribution in [2.45, 2.75) is 76.3 Å². The largest absolute Gasteiger partial charge is 0.311 e. The summed E-state index contributed by atoms with van der Waals surface area (Å²) < 4.78 is 0. The number of nitrogens with one attached hydrogen (secondary N) is 1. The summed E-state index contributed by atoms with van der Waals surface area (Å²) in [5, 5.41) is 4.04. The second kappa shape index (κ2) is 6.76. The maximum absolute atomic E-state index is 4.04. The zero-order valence-corrected chi connectivity index (χ0v) is 12.9. The van der Waals surface area contributed by atoms with E-state index in [9.17, 15) is 0 Å². The number of rotatable bonds is 3. The minimum atomic E-state index is 0.710. The molecule has 0 heterocycles. The Labute approximate surface area is 124 Å². The minimum absolute atomic E-state index is 0.710. The average Bonchev–Trinajstić information content (AvgIpc) is 2.49. The Bertz CT molecular complexity index is 399. The standard InChI is InChI=1S/C19H29N/c1-15-8-7-11-17(14-15)20-19-13-6-5-12-18(19)16-9-3-2-4-10-16/h2-4,9-10,15,17-20H,5-8,11-14H2,1H3. The topological polar surface area (TPSA) is 12.0 Å². The lowest BCUT2D eigenvalue weighted by Gasteiger charge is -2.38. The molecular formula is C19H29N. The van der Waals surface area contributed by atoms with Crippen LogP contribution in [0.1, 0.15) is 69.8 Å². The Morgan fingerprint density at radius 1 is 0.900 bits per heavy atom. The van der Waals surface area contributed by atoms with E-state index in [1.54, 1.807) is 5.56 Å². The molecular weight excluding hydrogens is 242 g/mol. The quantitative estimate of drug-likeness (QED) is 0.826. The predicted octanol–water partition coefficient (Wildman–Crippen LogP) is 4.88. The van der Waals surface area contributed by atoms with E-state index < -0.39 is 0 Å². The van der Waals surface area contributed by atoms with Gasteiger partial charge in [-0.05, 0) is 43.1 Å². The summed E-state index contributed by atoms with van der Waals surface area (Å²) in [7, 11) is 0. The first-order chi connectivity index (χ1) is 9.83. The van der Waals surface area contributed by atoms with Gasteiger partial charge in [-0.15, -0.1) is 0 Å². The molecule has 0 aromatic heterocycles. The first kappa shape index (κ1) is 14.1. The first-order valence-corrected chi connectivity index (χ1v) is 8.64. The van der Waals surface area contributed by atoms with Crippen molar-refractivity contribution >= 4 is 0 Å². The van der Waals surface area contributed by atoms with Crippen LogP contribution in [0.4, 0.5) is 0 Å². The molecule has 0 aliphatic heterocycles. The lowest BCUT2D eigenvalue weighted by Crippen LogP contribution is -2.45. The van der Waals surface area contributed by atoms with E-state index in [0.717, 1.165) is 17.9 Å². The molecule has 3 rings (SSSR count). The van der Waals surface area contributed by atoms with Crippen molar-refractivity contribution in [2.24, 2.45) is 5.92 Å². The Kier molecular flexibility index (Phi) is 4.77. The smallest absolute Gasteiger partial charge is 0.0138 e.